The van der Waals surface area contributed by atoms with Gasteiger partial charge in [-0.1, -0.05) is 30.3 Å². The number of primary amides is 1. The van der Waals surface area contributed by atoms with Crippen molar-refractivity contribution in [3.05, 3.63) is 100.0 Å². The van der Waals surface area contributed by atoms with E-state index in [4.69, 9.17) is 10.6 Å². The van der Waals surface area contributed by atoms with Gasteiger partial charge in [0.15, 0.2) is 0 Å². The van der Waals surface area contributed by atoms with Crippen molar-refractivity contribution in [2.75, 3.05) is 5.32 Å². The summed E-state index contributed by atoms with van der Waals surface area (Å²) in [5.74, 6) is -1.14. The molecular formula is C20H17N3O4. The predicted octanol–water partition coefficient (Wildman–Crippen LogP) is 1.83. The first kappa shape index (κ1) is 17.9. The molecule has 0 fully saturated rings. The molecule has 0 atom stereocenters. The summed E-state index contributed by atoms with van der Waals surface area (Å²) < 4.78 is 1.03. The molecule has 2 aromatic carbocycles. The molecular weight excluding hydrogens is 346 g/mol. The zero-order valence-electron chi connectivity index (χ0n) is 14.3. The van der Waals surface area contributed by atoms with Crippen LogP contribution in [0.3, 0.4) is 0 Å². The molecule has 1 aromatic heterocycles. The van der Waals surface area contributed by atoms with E-state index in [1.165, 1.54) is 36.5 Å². The van der Waals surface area contributed by atoms with Crippen LogP contribution in [-0.4, -0.2) is 16.5 Å². The van der Waals surface area contributed by atoms with E-state index >= 15 is 0 Å². The molecule has 2 amide bonds. The second kappa shape index (κ2) is 8.01. The average molecular weight is 363 g/mol. The Morgan fingerprint density at radius 3 is 2.33 bits per heavy atom. The fourth-order valence-corrected chi connectivity index (χ4v) is 2.38. The van der Waals surface area contributed by atoms with Crippen molar-refractivity contribution in [2.24, 2.45) is 5.73 Å². The predicted molar refractivity (Wildman–Crippen MR) is 100 cm³/mol. The van der Waals surface area contributed by atoms with Crippen LogP contribution in [0.5, 0.6) is 0 Å². The Kier molecular flexibility index (Phi) is 5.32. The Hall–Kier alpha value is -3.87. The van der Waals surface area contributed by atoms with Gasteiger partial charge in [0.1, 0.15) is 12.2 Å². The highest BCUT2D eigenvalue weighted by Gasteiger charge is 2.13. The summed E-state index contributed by atoms with van der Waals surface area (Å²) in [5.41, 5.74) is 6.20. The molecule has 0 aliphatic rings. The molecule has 136 valence electrons. The van der Waals surface area contributed by atoms with Crippen molar-refractivity contribution in [1.82, 2.24) is 4.73 Å². The highest BCUT2D eigenvalue weighted by atomic mass is 16.7. The number of hydrogen-bond acceptors (Lipinski definition) is 4. The van der Waals surface area contributed by atoms with Crippen LogP contribution in [0.2, 0.25) is 0 Å². The first-order chi connectivity index (χ1) is 13.0. The molecule has 0 spiro atoms. The van der Waals surface area contributed by atoms with Gasteiger partial charge in [0.05, 0.1) is 0 Å². The first-order valence-electron chi connectivity index (χ1n) is 8.15. The third kappa shape index (κ3) is 4.40. The van der Waals surface area contributed by atoms with Gasteiger partial charge < -0.3 is 15.9 Å². The van der Waals surface area contributed by atoms with Gasteiger partial charge in [-0.3, -0.25) is 14.4 Å². The number of hydrogen-bond donors (Lipinski definition) is 2. The molecule has 7 heteroatoms. The van der Waals surface area contributed by atoms with E-state index in [1.807, 2.05) is 30.3 Å². The van der Waals surface area contributed by atoms with Crippen LogP contribution in [0.25, 0.3) is 0 Å². The van der Waals surface area contributed by atoms with Gasteiger partial charge in [0.25, 0.3) is 11.5 Å². The SMILES string of the molecule is NC(=O)c1ccc(NC(=O)c2cccn(OCc3ccccc3)c2=O)cc1. The Morgan fingerprint density at radius 1 is 0.963 bits per heavy atom. The molecule has 7 nitrogen and oxygen atoms in total. The van der Waals surface area contributed by atoms with E-state index in [2.05, 4.69) is 5.32 Å². The highest BCUT2D eigenvalue weighted by molar-refractivity contribution is 6.04. The quantitative estimate of drug-likeness (QED) is 0.697. The number of rotatable bonds is 6. The third-order valence-corrected chi connectivity index (χ3v) is 3.80. The molecule has 0 bridgehead atoms. The Labute approximate surface area is 155 Å². The van der Waals surface area contributed by atoms with E-state index < -0.39 is 17.4 Å². The average Bonchev–Trinajstić information content (AvgIpc) is 2.68. The Bertz CT molecular complexity index is 1010. The van der Waals surface area contributed by atoms with Gasteiger partial charge in [-0.2, -0.15) is 4.73 Å². The number of pyridine rings is 1. The van der Waals surface area contributed by atoms with Gasteiger partial charge >= 0.3 is 0 Å². The number of benzene rings is 2. The van der Waals surface area contributed by atoms with Crippen molar-refractivity contribution in [3.8, 4) is 0 Å². The van der Waals surface area contributed by atoms with Gasteiger partial charge in [-0.05, 0) is 42.0 Å². The first-order valence-corrected chi connectivity index (χ1v) is 8.15. The topological polar surface area (TPSA) is 103 Å². The number of amides is 2. The lowest BCUT2D eigenvalue weighted by Gasteiger charge is -2.10. The summed E-state index contributed by atoms with van der Waals surface area (Å²) in [4.78, 5) is 41.4. The number of anilines is 1. The lowest BCUT2D eigenvalue weighted by Crippen LogP contribution is -2.32. The summed E-state index contributed by atoms with van der Waals surface area (Å²) >= 11 is 0. The van der Waals surface area contributed by atoms with E-state index in [0.29, 0.717) is 11.3 Å². The minimum atomic E-state index is -0.579. The van der Waals surface area contributed by atoms with Gasteiger partial charge in [-0.15, -0.1) is 0 Å². The number of aromatic nitrogens is 1. The molecule has 0 saturated carbocycles. The lowest BCUT2D eigenvalue weighted by molar-refractivity contribution is 0.0863. The smallest absolute Gasteiger partial charge is 0.295 e. The van der Waals surface area contributed by atoms with Gasteiger partial charge in [0.2, 0.25) is 5.91 Å². The van der Waals surface area contributed by atoms with Crippen LogP contribution >= 0.6 is 0 Å². The van der Waals surface area contributed by atoms with E-state index in [9.17, 15) is 14.4 Å². The van der Waals surface area contributed by atoms with Gasteiger partial charge in [-0.25, -0.2) is 0 Å². The number of nitrogens with two attached hydrogens (primary N) is 1. The maximum absolute atomic E-state index is 12.5. The molecule has 3 aromatic rings. The number of nitrogens with one attached hydrogen (secondary N) is 1. The van der Waals surface area contributed by atoms with E-state index in [-0.39, 0.29) is 12.2 Å². The monoisotopic (exact) mass is 363 g/mol. The van der Waals surface area contributed by atoms with Crippen molar-refractivity contribution in [1.29, 1.82) is 0 Å². The maximum atomic E-state index is 12.5. The molecule has 1 heterocycles. The van der Waals surface area contributed by atoms with Gasteiger partial charge in [0, 0.05) is 17.4 Å². The summed E-state index contributed by atoms with van der Waals surface area (Å²) in [6, 6.07) is 18.4. The van der Waals surface area contributed by atoms with E-state index in [1.54, 1.807) is 6.07 Å². The fraction of sp³-hybridized carbons (Fsp3) is 0.0500. The molecule has 0 saturated heterocycles. The van der Waals surface area contributed by atoms with Crippen LogP contribution in [0.15, 0.2) is 77.7 Å². The summed E-state index contributed by atoms with van der Waals surface area (Å²) in [7, 11) is 0. The Morgan fingerprint density at radius 2 is 1.67 bits per heavy atom. The fourth-order valence-electron chi connectivity index (χ4n) is 2.38. The highest BCUT2D eigenvalue weighted by Crippen LogP contribution is 2.10. The second-order valence-electron chi connectivity index (χ2n) is 5.71. The van der Waals surface area contributed by atoms with Crippen LogP contribution in [0.1, 0.15) is 26.3 Å². The van der Waals surface area contributed by atoms with E-state index in [0.717, 1.165) is 10.3 Å². The molecule has 0 aliphatic heterocycles. The molecule has 3 rings (SSSR count). The summed E-state index contributed by atoms with van der Waals surface area (Å²) in [6.45, 7) is 0.195. The number of nitrogens with zero attached hydrogens (tertiary/aromatic N) is 1. The third-order valence-electron chi connectivity index (χ3n) is 3.80. The molecule has 27 heavy (non-hydrogen) atoms. The number of carbonyl (C=O) groups excluding carboxylic acids is 2. The van der Waals surface area contributed by atoms with Crippen molar-refractivity contribution in [3.63, 3.8) is 0 Å². The minimum absolute atomic E-state index is 0.0652. The van der Waals surface area contributed by atoms with Crippen LogP contribution in [-0.2, 0) is 6.61 Å². The van der Waals surface area contributed by atoms with Crippen LogP contribution < -0.4 is 21.4 Å². The normalized spacial score (nSPS) is 10.2. The molecule has 0 aliphatic carbocycles. The van der Waals surface area contributed by atoms with Crippen LogP contribution in [0.4, 0.5) is 5.69 Å². The van der Waals surface area contributed by atoms with Crippen LogP contribution in [0, 0.1) is 0 Å². The largest absolute Gasteiger partial charge is 0.406 e. The maximum Gasteiger partial charge on any atom is 0.295 e. The minimum Gasteiger partial charge on any atom is -0.406 e. The zero-order valence-corrected chi connectivity index (χ0v) is 14.3. The zero-order chi connectivity index (χ0) is 19.2. The molecule has 0 radical (unpaired) electrons. The molecule has 3 N–H and O–H groups in total. The Balaban J connectivity index is 1.73. The van der Waals surface area contributed by atoms with Crippen molar-refractivity contribution < 1.29 is 14.4 Å². The van der Waals surface area contributed by atoms with Crippen molar-refractivity contribution >= 4 is 17.5 Å². The molecule has 0 unspecified atom stereocenters. The summed E-state index contributed by atoms with van der Waals surface area (Å²) in [5, 5.41) is 2.61. The standard InChI is InChI=1S/C20H17N3O4/c21-18(24)15-8-10-16(11-9-15)22-19(25)17-7-4-12-23(20(17)26)27-13-14-5-2-1-3-6-14/h1-12H,13H2,(H2,21,24)(H,22,25). The number of carbonyl (C=O) groups is 2. The summed E-state index contributed by atoms with van der Waals surface area (Å²) in [6.07, 6.45) is 1.45. The second-order valence-corrected chi connectivity index (χ2v) is 5.71. The van der Waals surface area contributed by atoms with Crippen molar-refractivity contribution in [2.45, 2.75) is 6.61 Å². The lowest BCUT2D eigenvalue weighted by atomic mass is 10.2.